The fourth-order valence-electron chi connectivity index (χ4n) is 3.12. The Balaban J connectivity index is 1.86. The summed E-state index contributed by atoms with van der Waals surface area (Å²) in [6, 6.07) is 13.2. The Morgan fingerprint density at radius 1 is 1.00 bits per heavy atom. The molecule has 0 saturated carbocycles. The van der Waals surface area contributed by atoms with Crippen LogP contribution in [-0.2, 0) is 9.84 Å². The summed E-state index contributed by atoms with van der Waals surface area (Å²) in [6.45, 7) is 0. The molecule has 0 aliphatic heterocycles. The first-order valence-corrected chi connectivity index (χ1v) is 11.4. The average molecular weight is 431 g/mol. The lowest BCUT2D eigenvalue weighted by Crippen LogP contribution is -2.14. The van der Waals surface area contributed by atoms with Crippen LogP contribution in [0, 0.1) is 11.6 Å². The van der Waals surface area contributed by atoms with Crippen LogP contribution < -0.4 is 5.32 Å². The molecule has 2 heterocycles. The molecular weight excluding hydrogens is 414 g/mol. The first-order chi connectivity index (χ1) is 13.8. The minimum absolute atomic E-state index is 0.153. The average Bonchev–Trinajstić information content (AvgIpc) is 3.17. The number of thiophene rings is 1. The van der Waals surface area contributed by atoms with Crippen molar-refractivity contribution >= 4 is 37.1 Å². The van der Waals surface area contributed by atoms with Crippen LogP contribution in [0.15, 0.2) is 71.1 Å². The second kappa shape index (κ2) is 7.53. The lowest BCUT2D eigenvalue weighted by atomic mass is 9.98. The number of fused-ring (bicyclic) bond motifs is 1. The van der Waals surface area contributed by atoms with Crippen molar-refractivity contribution in [3.05, 3.63) is 88.9 Å². The molecule has 148 valence electrons. The molecule has 1 N–H and O–H groups in total. The predicted molar refractivity (Wildman–Crippen MR) is 111 cm³/mol. The Labute approximate surface area is 170 Å². The van der Waals surface area contributed by atoms with E-state index in [0.29, 0.717) is 11.1 Å². The van der Waals surface area contributed by atoms with Crippen molar-refractivity contribution < 1.29 is 17.2 Å². The van der Waals surface area contributed by atoms with Gasteiger partial charge < -0.3 is 5.32 Å². The third kappa shape index (κ3) is 3.99. The minimum Gasteiger partial charge on any atom is -0.373 e. The summed E-state index contributed by atoms with van der Waals surface area (Å²) in [6.07, 6.45) is 2.79. The molecule has 1 unspecified atom stereocenters. The van der Waals surface area contributed by atoms with E-state index < -0.39 is 27.5 Å². The molecule has 0 spiro atoms. The Morgan fingerprint density at radius 2 is 1.79 bits per heavy atom. The van der Waals surface area contributed by atoms with E-state index >= 15 is 0 Å². The van der Waals surface area contributed by atoms with Gasteiger partial charge in [0, 0.05) is 12.5 Å². The molecule has 0 fully saturated rings. The van der Waals surface area contributed by atoms with Gasteiger partial charge in [-0.15, -0.1) is 11.3 Å². The summed E-state index contributed by atoms with van der Waals surface area (Å²) in [5.41, 5.74) is 2.66. The third-order valence-electron chi connectivity index (χ3n) is 4.54. The second-order valence-corrected chi connectivity index (χ2v) is 9.52. The van der Waals surface area contributed by atoms with E-state index in [0.717, 1.165) is 34.3 Å². The molecule has 8 heteroatoms. The summed E-state index contributed by atoms with van der Waals surface area (Å²) in [7, 11) is -3.42. The van der Waals surface area contributed by atoms with Crippen molar-refractivity contribution in [2.24, 2.45) is 0 Å². The lowest BCUT2D eigenvalue weighted by molar-refractivity contribution is 0.506. The Bertz CT molecular complexity index is 1300. The quantitative estimate of drug-likeness (QED) is 0.474. The van der Waals surface area contributed by atoms with Crippen molar-refractivity contribution in [3.8, 4) is 0 Å². The van der Waals surface area contributed by atoms with Crippen molar-refractivity contribution in [2.45, 2.75) is 10.9 Å². The molecule has 0 saturated heterocycles. The fourth-order valence-corrected chi connectivity index (χ4v) is 4.62. The van der Waals surface area contributed by atoms with E-state index in [2.05, 4.69) is 10.3 Å². The van der Waals surface area contributed by atoms with Gasteiger partial charge in [0.2, 0.25) is 0 Å². The molecule has 4 aromatic rings. The summed E-state index contributed by atoms with van der Waals surface area (Å²) in [5, 5.41) is 5.27. The molecule has 29 heavy (non-hydrogen) atoms. The molecule has 4 rings (SSSR count). The molecule has 4 nitrogen and oxygen atoms in total. The van der Waals surface area contributed by atoms with Crippen LogP contribution in [0.3, 0.4) is 0 Å². The summed E-state index contributed by atoms with van der Waals surface area (Å²) in [4.78, 5) is 4.46. The van der Waals surface area contributed by atoms with Crippen LogP contribution >= 0.6 is 11.3 Å². The normalized spacial score (nSPS) is 12.8. The van der Waals surface area contributed by atoms with Gasteiger partial charge in [-0.05, 0) is 52.9 Å². The van der Waals surface area contributed by atoms with E-state index in [1.54, 1.807) is 30.5 Å². The number of nitrogens with one attached hydrogen (secondary N) is 1. The van der Waals surface area contributed by atoms with E-state index in [9.17, 15) is 17.2 Å². The van der Waals surface area contributed by atoms with Gasteiger partial charge >= 0.3 is 0 Å². The Kier molecular flexibility index (Phi) is 5.06. The second-order valence-electron chi connectivity index (χ2n) is 6.59. The minimum atomic E-state index is -3.42. The van der Waals surface area contributed by atoms with Crippen LogP contribution in [0.1, 0.15) is 17.2 Å². The van der Waals surface area contributed by atoms with Crippen molar-refractivity contribution in [3.63, 3.8) is 0 Å². The predicted octanol–water partition coefficient (Wildman–Crippen LogP) is 5.18. The zero-order valence-electron chi connectivity index (χ0n) is 15.3. The number of sulfone groups is 1. The maximum atomic E-state index is 14.0. The molecule has 0 amide bonds. The van der Waals surface area contributed by atoms with Gasteiger partial charge in [-0.1, -0.05) is 18.2 Å². The molecule has 0 bridgehead atoms. The number of aromatic nitrogens is 1. The summed E-state index contributed by atoms with van der Waals surface area (Å²) >= 11 is 1.50. The van der Waals surface area contributed by atoms with Crippen LogP contribution in [0.25, 0.3) is 10.2 Å². The topological polar surface area (TPSA) is 59.1 Å². The Morgan fingerprint density at radius 3 is 2.55 bits per heavy atom. The number of anilines is 1. The molecule has 1 atom stereocenters. The van der Waals surface area contributed by atoms with Gasteiger partial charge in [0.15, 0.2) is 21.5 Å². The fraction of sp³-hybridized carbons (Fsp3) is 0.0952. The monoisotopic (exact) mass is 430 g/mol. The molecule has 2 aromatic carbocycles. The SMILES string of the molecule is CS(=O)(=O)c1cccc(C(Nc2ccnc3ccsc23)c2ccc(F)c(F)c2)c1. The Hall–Kier alpha value is -2.84. The maximum absolute atomic E-state index is 14.0. The van der Waals surface area contributed by atoms with Crippen LogP contribution in [0.5, 0.6) is 0 Å². The highest BCUT2D eigenvalue weighted by atomic mass is 32.2. The van der Waals surface area contributed by atoms with Crippen LogP contribution in [-0.4, -0.2) is 19.7 Å². The molecule has 0 radical (unpaired) electrons. The number of benzene rings is 2. The van der Waals surface area contributed by atoms with E-state index in [4.69, 9.17) is 0 Å². The summed E-state index contributed by atoms with van der Waals surface area (Å²) < 4.78 is 52.4. The van der Waals surface area contributed by atoms with E-state index in [1.165, 1.54) is 23.5 Å². The standard InChI is InChI=1S/C21H16F2N2O2S2/c1-29(26,27)15-4-2-3-13(11-15)20(14-5-6-16(22)17(23)12-14)25-19-7-9-24-18-8-10-28-21(18)19/h2-12,20H,1H3,(H,24,25). The van der Waals surface area contributed by atoms with Crippen LogP contribution in [0.4, 0.5) is 14.5 Å². The third-order valence-corrected chi connectivity index (χ3v) is 6.59. The number of hydrogen-bond acceptors (Lipinski definition) is 5. The van der Waals surface area contributed by atoms with Crippen molar-refractivity contribution in [1.82, 2.24) is 4.98 Å². The van der Waals surface area contributed by atoms with Gasteiger partial charge in [-0.2, -0.15) is 0 Å². The largest absolute Gasteiger partial charge is 0.373 e. The number of rotatable bonds is 5. The molecular formula is C21H16F2N2O2S2. The lowest BCUT2D eigenvalue weighted by Gasteiger charge is -2.22. The zero-order chi connectivity index (χ0) is 20.6. The van der Waals surface area contributed by atoms with Gasteiger partial charge in [-0.25, -0.2) is 17.2 Å². The summed E-state index contributed by atoms with van der Waals surface area (Å²) in [5.74, 6) is -1.91. The maximum Gasteiger partial charge on any atom is 0.175 e. The highest BCUT2D eigenvalue weighted by Gasteiger charge is 2.19. The molecule has 2 aromatic heterocycles. The molecule has 0 aliphatic rings. The van der Waals surface area contributed by atoms with E-state index in [-0.39, 0.29) is 4.90 Å². The highest BCUT2D eigenvalue weighted by Crippen LogP contribution is 2.33. The number of nitrogens with zero attached hydrogens (tertiary/aromatic N) is 1. The van der Waals surface area contributed by atoms with Crippen LogP contribution in [0.2, 0.25) is 0 Å². The number of hydrogen-bond donors (Lipinski definition) is 1. The van der Waals surface area contributed by atoms with Gasteiger partial charge in [0.25, 0.3) is 0 Å². The first kappa shape index (κ1) is 19.5. The highest BCUT2D eigenvalue weighted by molar-refractivity contribution is 7.90. The number of pyridine rings is 1. The van der Waals surface area contributed by atoms with Gasteiger partial charge in [0.1, 0.15) is 0 Å². The zero-order valence-corrected chi connectivity index (χ0v) is 16.9. The first-order valence-electron chi connectivity index (χ1n) is 8.66. The molecule has 0 aliphatic carbocycles. The number of halogens is 2. The van der Waals surface area contributed by atoms with Crippen molar-refractivity contribution in [2.75, 3.05) is 11.6 Å². The smallest absolute Gasteiger partial charge is 0.175 e. The van der Waals surface area contributed by atoms with E-state index in [1.807, 2.05) is 11.4 Å². The van der Waals surface area contributed by atoms with Gasteiger partial charge in [0.05, 0.1) is 26.8 Å². The van der Waals surface area contributed by atoms with Crippen molar-refractivity contribution in [1.29, 1.82) is 0 Å². The van der Waals surface area contributed by atoms with Gasteiger partial charge in [-0.3, -0.25) is 4.98 Å².